The van der Waals surface area contributed by atoms with Crippen LogP contribution in [0.5, 0.6) is 5.75 Å². The summed E-state index contributed by atoms with van der Waals surface area (Å²) < 4.78 is 5.33. The summed E-state index contributed by atoms with van der Waals surface area (Å²) in [6.45, 7) is 5.48. The van der Waals surface area contributed by atoms with Crippen LogP contribution in [-0.4, -0.2) is 42.0 Å². The Morgan fingerprint density at radius 1 is 1.25 bits per heavy atom. The van der Waals surface area contributed by atoms with Gasteiger partial charge < -0.3 is 20.9 Å². The normalized spacial score (nSPS) is 11.6. The summed E-state index contributed by atoms with van der Waals surface area (Å²) in [4.78, 5) is 35.4. The van der Waals surface area contributed by atoms with Crippen molar-refractivity contribution in [1.29, 1.82) is 0 Å². The molecule has 0 aliphatic carbocycles. The van der Waals surface area contributed by atoms with Crippen LogP contribution in [0.25, 0.3) is 0 Å². The van der Waals surface area contributed by atoms with E-state index in [2.05, 4.69) is 11.9 Å². The number of carbonyl (C=O) groups excluding carboxylic acids is 2. The highest BCUT2D eigenvalue weighted by Gasteiger charge is 2.21. The molecule has 0 aromatic heterocycles. The Morgan fingerprint density at radius 3 is 2.50 bits per heavy atom. The molecule has 0 unspecified atom stereocenters. The van der Waals surface area contributed by atoms with E-state index in [0.29, 0.717) is 31.4 Å². The molecular weight excluding hydrogens is 407 g/mol. The number of rotatable bonds is 12. The molecule has 0 radical (unpaired) electrons. The van der Waals surface area contributed by atoms with Crippen molar-refractivity contribution in [2.75, 3.05) is 13.2 Å². The number of amides is 1. The van der Waals surface area contributed by atoms with E-state index in [4.69, 9.17) is 33.7 Å². The number of nitrogens with one attached hydrogen (secondary N) is 1. The number of carbonyl (C=O) groups is 3. The maximum Gasteiger partial charge on any atom is 0.326 e. The molecule has 4 N–H and O–H groups in total. The van der Waals surface area contributed by atoms with Crippen LogP contribution in [0, 0.1) is 0 Å². The van der Waals surface area contributed by atoms with Gasteiger partial charge in [0.2, 0.25) is 0 Å². The van der Waals surface area contributed by atoms with Crippen molar-refractivity contribution in [1.82, 2.24) is 5.32 Å². The lowest BCUT2D eigenvalue weighted by Gasteiger charge is -2.15. The van der Waals surface area contributed by atoms with Gasteiger partial charge in [0.25, 0.3) is 5.91 Å². The highest BCUT2D eigenvalue weighted by molar-refractivity contribution is 6.45. The van der Waals surface area contributed by atoms with Gasteiger partial charge in [-0.1, -0.05) is 36.7 Å². The lowest BCUT2D eigenvalue weighted by molar-refractivity contribution is -0.142. The van der Waals surface area contributed by atoms with Crippen molar-refractivity contribution in [3.8, 4) is 5.75 Å². The minimum atomic E-state index is -1.13. The summed E-state index contributed by atoms with van der Waals surface area (Å²) in [5.41, 5.74) is 5.96. The predicted molar refractivity (Wildman–Crippen MR) is 108 cm³/mol. The number of hydrogen-bond donors (Lipinski definition) is 3. The third kappa shape index (κ3) is 6.82. The minimum absolute atomic E-state index is 0.00405. The molecule has 7 nitrogen and oxygen atoms in total. The number of hydrogen-bond acceptors (Lipinski definition) is 5. The standard InChI is InChI=1S/C19H24Cl2N2O5/c1-3-11(2)18(25)12-7-8-14(17(21)16(12)20)28-10-15(24)23-13(19(26)27)6-4-5-9-22/h7-8,13H,2-6,9-10,22H2,1H3,(H,23,24)(H,26,27)/t13-/m0/s1. The predicted octanol–water partition coefficient (Wildman–Crippen LogP) is 3.22. The van der Waals surface area contributed by atoms with Crippen molar-refractivity contribution in [2.45, 2.75) is 38.6 Å². The van der Waals surface area contributed by atoms with E-state index in [1.165, 1.54) is 12.1 Å². The number of unbranched alkanes of at least 4 members (excludes halogenated alkanes) is 1. The molecule has 1 rings (SSSR count). The summed E-state index contributed by atoms with van der Waals surface area (Å²) in [7, 11) is 0. The maximum absolute atomic E-state index is 12.2. The zero-order valence-corrected chi connectivity index (χ0v) is 17.1. The molecule has 0 saturated heterocycles. The fraction of sp³-hybridized carbons (Fsp3) is 0.421. The van der Waals surface area contributed by atoms with Gasteiger partial charge in [0.1, 0.15) is 16.8 Å². The van der Waals surface area contributed by atoms with Crippen LogP contribution in [0.15, 0.2) is 24.3 Å². The largest absolute Gasteiger partial charge is 0.482 e. The van der Waals surface area contributed by atoms with E-state index in [9.17, 15) is 19.5 Å². The van der Waals surface area contributed by atoms with Gasteiger partial charge in [-0.2, -0.15) is 0 Å². The van der Waals surface area contributed by atoms with Crippen LogP contribution in [0.4, 0.5) is 0 Å². The molecule has 0 saturated carbocycles. The summed E-state index contributed by atoms with van der Waals surface area (Å²) in [6.07, 6.45) is 1.98. The molecule has 9 heteroatoms. The number of ether oxygens (including phenoxy) is 1. The minimum Gasteiger partial charge on any atom is -0.482 e. The third-order valence-corrected chi connectivity index (χ3v) is 4.84. The Bertz CT molecular complexity index is 752. The highest BCUT2D eigenvalue weighted by Crippen LogP contribution is 2.35. The van der Waals surface area contributed by atoms with E-state index < -0.39 is 24.5 Å². The molecular formula is C19H24Cl2N2O5. The van der Waals surface area contributed by atoms with Crippen molar-refractivity contribution in [3.63, 3.8) is 0 Å². The molecule has 0 bridgehead atoms. The van der Waals surface area contributed by atoms with Gasteiger partial charge in [0, 0.05) is 5.56 Å². The molecule has 28 heavy (non-hydrogen) atoms. The van der Waals surface area contributed by atoms with Crippen LogP contribution in [0.3, 0.4) is 0 Å². The molecule has 1 amide bonds. The number of nitrogens with two attached hydrogens (primary N) is 1. The summed E-state index contributed by atoms with van der Waals surface area (Å²) in [5, 5.41) is 11.5. The Morgan fingerprint density at radius 2 is 1.93 bits per heavy atom. The number of allylic oxidation sites excluding steroid dienone is 1. The van der Waals surface area contributed by atoms with Gasteiger partial charge in [-0.25, -0.2) is 4.79 Å². The van der Waals surface area contributed by atoms with Gasteiger partial charge >= 0.3 is 5.97 Å². The molecule has 0 fully saturated rings. The lowest BCUT2D eigenvalue weighted by Crippen LogP contribution is -2.43. The van der Waals surface area contributed by atoms with Gasteiger partial charge in [-0.15, -0.1) is 0 Å². The SMILES string of the molecule is C=C(CC)C(=O)c1ccc(OCC(=O)N[C@@H](CCCCN)C(=O)O)c(Cl)c1Cl. The second-order valence-corrected chi connectivity index (χ2v) is 6.81. The smallest absolute Gasteiger partial charge is 0.326 e. The highest BCUT2D eigenvalue weighted by atomic mass is 35.5. The monoisotopic (exact) mass is 430 g/mol. The fourth-order valence-corrected chi connectivity index (χ4v) is 2.76. The Balaban J connectivity index is 2.75. The zero-order valence-electron chi connectivity index (χ0n) is 15.6. The van der Waals surface area contributed by atoms with Crippen LogP contribution < -0.4 is 15.8 Å². The first-order valence-electron chi connectivity index (χ1n) is 8.78. The topological polar surface area (TPSA) is 119 Å². The molecule has 0 heterocycles. The Labute approximate surface area is 173 Å². The molecule has 1 aromatic rings. The molecule has 1 atom stereocenters. The number of Topliss-reactive ketones (excluding diaryl/α,β-unsaturated/α-hetero) is 1. The van der Waals surface area contributed by atoms with Gasteiger partial charge in [-0.05, 0) is 49.9 Å². The first-order chi connectivity index (χ1) is 13.2. The summed E-state index contributed by atoms with van der Waals surface area (Å²) >= 11 is 12.3. The van der Waals surface area contributed by atoms with Crippen molar-refractivity contribution < 1.29 is 24.2 Å². The average molecular weight is 431 g/mol. The van der Waals surface area contributed by atoms with Gasteiger partial charge in [0.15, 0.2) is 12.4 Å². The van der Waals surface area contributed by atoms with Crippen molar-refractivity contribution in [3.05, 3.63) is 39.9 Å². The summed E-state index contributed by atoms with van der Waals surface area (Å²) in [5.74, 6) is -1.96. The number of ketones is 1. The zero-order chi connectivity index (χ0) is 21.3. The van der Waals surface area contributed by atoms with Crippen LogP contribution in [0.2, 0.25) is 10.0 Å². The molecule has 1 aromatic carbocycles. The van der Waals surface area contributed by atoms with E-state index >= 15 is 0 Å². The third-order valence-electron chi connectivity index (χ3n) is 3.98. The number of carboxylic acid groups (broad SMARTS) is 1. The molecule has 0 aliphatic heterocycles. The van der Waals surface area contributed by atoms with E-state index in [1.54, 1.807) is 6.92 Å². The lowest BCUT2D eigenvalue weighted by atomic mass is 10.0. The van der Waals surface area contributed by atoms with Crippen LogP contribution in [0.1, 0.15) is 43.0 Å². The van der Waals surface area contributed by atoms with E-state index in [0.717, 1.165) is 0 Å². The first-order valence-corrected chi connectivity index (χ1v) is 9.53. The molecule has 0 spiro atoms. The first kappa shape index (κ1) is 23.9. The van der Waals surface area contributed by atoms with Crippen molar-refractivity contribution in [2.24, 2.45) is 5.73 Å². The van der Waals surface area contributed by atoms with Crippen LogP contribution >= 0.6 is 23.2 Å². The quantitative estimate of drug-likeness (QED) is 0.266. The number of carboxylic acids is 1. The average Bonchev–Trinajstić information content (AvgIpc) is 2.67. The van der Waals surface area contributed by atoms with E-state index in [1.807, 2.05) is 0 Å². The summed E-state index contributed by atoms with van der Waals surface area (Å²) in [6, 6.07) is 1.84. The van der Waals surface area contributed by atoms with E-state index in [-0.39, 0.29) is 33.6 Å². The second kappa shape index (κ2) is 11.7. The Kier molecular flexibility index (Phi) is 9.99. The molecule has 154 valence electrons. The number of halogens is 2. The second-order valence-electron chi connectivity index (χ2n) is 6.06. The maximum atomic E-state index is 12.2. The number of benzene rings is 1. The van der Waals surface area contributed by atoms with Gasteiger partial charge in [0.05, 0.1) is 5.02 Å². The van der Waals surface area contributed by atoms with Crippen LogP contribution in [-0.2, 0) is 9.59 Å². The number of aliphatic carboxylic acids is 1. The van der Waals surface area contributed by atoms with Gasteiger partial charge in [-0.3, -0.25) is 9.59 Å². The fourth-order valence-electron chi connectivity index (χ4n) is 2.30. The Hall–Kier alpha value is -2.09. The molecule has 0 aliphatic rings. The van der Waals surface area contributed by atoms with Crippen molar-refractivity contribution >= 4 is 40.9 Å².